The molecule has 0 saturated carbocycles. The lowest BCUT2D eigenvalue weighted by Gasteiger charge is -2.11. The van der Waals surface area contributed by atoms with Crippen molar-refractivity contribution >= 4 is 35.1 Å². The second kappa shape index (κ2) is 7.20. The lowest BCUT2D eigenvalue weighted by molar-refractivity contribution is -0.384. The summed E-state index contributed by atoms with van der Waals surface area (Å²) in [5.74, 6) is -2.30. The number of amides is 2. The minimum Gasteiger partial charge on any atom is -0.323 e. The van der Waals surface area contributed by atoms with Gasteiger partial charge in [0.2, 0.25) is 11.8 Å². The van der Waals surface area contributed by atoms with Gasteiger partial charge in [0.05, 0.1) is 10.6 Å². The molecule has 1 aliphatic heterocycles. The molecule has 1 atom stereocenters. The van der Waals surface area contributed by atoms with Crippen LogP contribution in [0.2, 0.25) is 0 Å². The van der Waals surface area contributed by atoms with Gasteiger partial charge in [0.15, 0.2) is 5.92 Å². The van der Waals surface area contributed by atoms with Crippen molar-refractivity contribution in [3.63, 3.8) is 0 Å². The second-order valence-electron chi connectivity index (χ2n) is 5.71. The molecule has 1 aromatic carbocycles. The summed E-state index contributed by atoms with van der Waals surface area (Å²) in [7, 11) is 0. The molecule has 1 aromatic rings. The first-order chi connectivity index (χ1) is 11.4. The number of hydrogen-bond acceptors (Lipinski definition) is 5. The standard InChI is InChI=1S/C16H20N4O4/c1-4-5-6-17-8-11-15(21)18-12-7-9(2)10(3)14(20(23)24)13(12)19-16(11)22/h7-8,11H,4-6H2,1-3H3,(H,18,21)(H,19,22). The Morgan fingerprint density at radius 3 is 2.58 bits per heavy atom. The molecule has 2 N–H and O–H groups in total. The second-order valence-corrected chi connectivity index (χ2v) is 5.71. The molecule has 1 aliphatic rings. The van der Waals surface area contributed by atoms with Gasteiger partial charge in [-0.25, -0.2) is 0 Å². The fraction of sp³-hybridized carbons (Fsp3) is 0.438. The number of rotatable bonds is 5. The van der Waals surface area contributed by atoms with Gasteiger partial charge in [0.1, 0.15) is 5.69 Å². The summed E-state index contributed by atoms with van der Waals surface area (Å²) < 4.78 is 0. The number of hydrogen-bond donors (Lipinski definition) is 2. The number of fused-ring (bicyclic) bond motifs is 1. The quantitative estimate of drug-likeness (QED) is 0.283. The van der Waals surface area contributed by atoms with E-state index in [-0.39, 0.29) is 17.1 Å². The smallest absolute Gasteiger partial charge is 0.298 e. The van der Waals surface area contributed by atoms with Gasteiger partial charge in [-0.05, 0) is 31.9 Å². The number of nitro benzene ring substituents is 1. The van der Waals surface area contributed by atoms with Crippen molar-refractivity contribution in [3.8, 4) is 0 Å². The molecular formula is C16H20N4O4. The minimum atomic E-state index is -1.12. The Hall–Kier alpha value is -2.77. The maximum atomic E-state index is 12.3. The molecule has 0 radical (unpaired) electrons. The lowest BCUT2D eigenvalue weighted by Crippen LogP contribution is -2.32. The van der Waals surface area contributed by atoms with E-state index < -0.39 is 22.7 Å². The van der Waals surface area contributed by atoms with Crippen molar-refractivity contribution in [1.82, 2.24) is 0 Å². The molecule has 0 spiro atoms. The average molecular weight is 332 g/mol. The van der Waals surface area contributed by atoms with Crippen molar-refractivity contribution in [2.24, 2.45) is 10.9 Å². The van der Waals surface area contributed by atoms with Crippen molar-refractivity contribution in [1.29, 1.82) is 0 Å². The van der Waals surface area contributed by atoms with Crippen LogP contribution in [0.3, 0.4) is 0 Å². The number of benzene rings is 1. The van der Waals surface area contributed by atoms with E-state index in [1.54, 1.807) is 19.9 Å². The first-order valence-electron chi connectivity index (χ1n) is 7.77. The van der Waals surface area contributed by atoms with Gasteiger partial charge in [-0.15, -0.1) is 0 Å². The van der Waals surface area contributed by atoms with Crippen LogP contribution in [0.25, 0.3) is 0 Å². The first-order valence-corrected chi connectivity index (χ1v) is 7.77. The van der Waals surface area contributed by atoms with Crippen LogP contribution < -0.4 is 10.6 Å². The van der Waals surface area contributed by atoms with Crippen LogP contribution in [0.1, 0.15) is 30.9 Å². The molecule has 24 heavy (non-hydrogen) atoms. The highest BCUT2D eigenvalue weighted by atomic mass is 16.6. The zero-order chi connectivity index (χ0) is 17.9. The highest BCUT2D eigenvalue weighted by molar-refractivity contribution is 6.24. The van der Waals surface area contributed by atoms with E-state index in [1.165, 1.54) is 6.21 Å². The average Bonchev–Trinajstić information content (AvgIpc) is 2.61. The summed E-state index contributed by atoms with van der Waals surface area (Å²) in [4.78, 5) is 39.6. The third-order valence-corrected chi connectivity index (χ3v) is 3.96. The number of aryl methyl sites for hydroxylation is 1. The van der Waals surface area contributed by atoms with Crippen LogP contribution in [0.4, 0.5) is 17.1 Å². The van der Waals surface area contributed by atoms with Gasteiger partial charge in [-0.1, -0.05) is 13.3 Å². The molecule has 1 heterocycles. The van der Waals surface area contributed by atoms with E-state index in [0.717, 1.165) is 12.8 Å². The Balaban J connectivity index is 2.41. The topological polar surface area (TPSA) is 114 Å². The Kier molecular flexibility index (Phi) is 5.28. The van der Waals surface area contributed by atoms with Crippen molar-refractivity contribution < 1.29 is 14.5 Å². The van der Waals surface area contributed by atoms with E-state index in [4.69, 9.17) is 0 Å². The molecular weight excluding hydrogens is 312 g/mol. The number of nitrogens with one attached hydrogen (secondary N) is 2. The predicted molar refractivity (Wildman–Crippen MR) is 91.6 cm³/mol. The van der Waals surface area contributed by atoms with Gasteiger partial charge >= 0.3 is 0 Å². The van der Waals surface area contributed by atoms with E-state index in [9.17, 15) is 19.7 Å². The van der Waals surface area contributed by atoms with Crippen LogP contribution in [0.15, 0.2) is 11.1 Å². The predicted octanol–water partition coefficient (Wildman–Crippen LogP) is 2.59. The number of aliphatic imine (C=N–C) groups is 1. The third-order valence-electron chi connectivity index (χ3n) is 3.96. The Morgan fingerprint density at radius 1 is 1.29 bits per heavy atom. The van der Waals surface area contributed by atoms with Gasteiger partial charge in [-0.2, -0.15) is 0 Å². The third kappa shape index (κ3) is 3.42. The lowest BCUT2D eigenvalue weighted by atomic mass is 10.0. The number of nitrogens with zero attached hydrogens (tertiary/aromatic N) is 2. The van der Waals surface area contributed by atoms with Crippen molar-refractivity contribution in [3.05, 3.63) is 27.3 Å². The normalized spacial score (nSPS) is 17.2. The zero-order valence-electron chi connectivity index (χ0n) is 13.9. The molecule has 0 fully saturated rings. The highest BCUT2D eigenvalue weighted by Gasteiger charge is 2.34. The van der Waals surface area contributed by atoms with Crippen molar-refractivity contribution in [2.45, 2.75) is 33.6 Å². The van der Waals surface area contributed by atoms with Gasteiger partial charge in [0, 0.05) is 18.3 Å². The highest BCUT2D eigenvalue weighted by Crippen LogP contribution is 2.39. The Labute approximate surface area is 139 Å². The molecule has 0 bridgehead atoms. The molecule has 128 valence electrons. The van der Waals surface area contributed by atoms with Gasteiger partial charge in [-0.3, -0.25) is 24.7 Å². The van der Waals surface area contributed by atoms with Crippen LogP contribution in [-0.2, 0) is 9.59 Å². The monoisotopic (exact) mass is 332 g/mol. The Bertz CT molecular complexity index is 727. The van der Waals surface area contributed by atoms with E-state index >= 15 is 0 Å². The summed E-state index contributed by atoms with van der Waals surface area (Å²) >= 11 is 0. The summed E-state index contributed by atoms with van der Waals surface area (Å²) in [6.45, 7) is 5.86. The molecule has 0 aromatic heterocycles. The van der Waals surface area contributed by atoms with Gasteiger partial charge < -0.3 is 10.6 Å². The molecule has 8 heteroatoms. The molecule has 2 rings (SSSR count). The number of anilines is 2. The fourth-order valence-corrected chi connectivity index (χ4v) is 2.45. The van der Waals surface area contributed by atoms with E-state index in [2.05, 4.69) is 15.6 Å². The fourth-order valence-electron chi connectivity index (χ4n) is 2.45. The van der Waals surface area contributed by atoms with E-state index in [1.807, 2.05) is 6.92 Å². The largest absolute Gasteiger partial charge is 0.323 e. The van der Waals surface area contributed by atoms with Crippen LogP contribution in [0, 0.1) is 29.9 Å². The van der Waals surface area contributed by atoms with Crippen molar-refractivity contribution in [2.75, 3.05) is 17.2 Å². The molecule has 0 saturated heterocycles. The Morgan fingerprint density at radius 2 is 1.96 bits per heavy atom. The van der Waals surface area contributed by atoms with Crippen LogP contribution >= 0.6 is 0 Å². The number of unbranched alkanes of at least 4 members (excludes halogenated alkanes) is 1. The number of carbonyl (C=O) groups is 2. The minimum absolute atomic E-state index is 0.0194. The SMILES string of the molecule is CCCCN=CC1C(=O)Nc2cc(C)c(C)c([N+](=O)[O-])c2NC1=O. The number of nitro groups is 1. The zero-order valence-corrected chi connectivity index (χ0v) is 13.9. The van der Waals surface area contributed by atoms with Gasteiger partial charge in [0.25, 0.3) is 5.69 Å². The van der Waals surface area contributed by atoms with Crippen LogP contribution in [0.5, 0.6) is 0 Å². The molecule has 2 amide bonds. The first kappa shape index (κ1) is 17.6. The summed E-state index contributed by atoms with van der Waals surface area (Å²) in [6, 6.07) is 1.62. The molecule has 0 aliphatic carbocycles. The van der Waals surface area contributed by atoms with E-state index in [0.29, 0.717) is 17.7 Å². The summed E-state index contributed by atoms with van der Waals surface area (Å²) in [5.41, 5.74) is 1.15. The summed E-state index contributed by atoms with van der Waals surface area (Å²) in [5, 5.41) is 16.5. The van der Waals surface area contributed by atoms with Crippen LogP contribution in [-0.4, -0.2) is 29.5 Å². The molecule has 8 nitrogen and oxygen atoms in total. The maximum Gasteiger partial charge on any atom is 0.298 e. The maximum absolute atomic E-state index is 12.3. The summed E-state index contributed by atoms with van der Waals surface area (Å²) in [6.07, 6.45) is 3.12. The molecule has 1 unspecified atom stereocenters. The number of carbonyl (C=O) groups excluding carboxylic acids is 2.